The molecule has 0 aliphatic heterocycles. The van der Waals surface area contributed by atoms with Gasteiger partial charge in [0, 0.05) is 5.75 Å². The zero-order valence-corrected chi connectivity index (χ0v) is 9.88. The molecule has 0 fully saturated rings. The molecule has 74 valence electrons. The van der Waals surface area contributed by atoms with Crippen LogP contribution in [0.15, 0.2) is 12.4 Å². The van der Waals surface area contributed by atoms with Crippen molar-refractivity contribution in [2.24, 2.45) is 0 Å². The van der Waals surface area contributed by atoms with Gasteiger partial charge >= 0.3 is 0 Å². The van der Waals surface area contributed by atoms with Crippen molar-refractivity contribution < 1.29 is 4.57 Å². The minimum absolute atomic E-state index is 1.05. The van der Waals surface area contributed by atoms with Gasteiger partial charge in [0.25, 0.3) is 5.82 Å². The number of thioether (sulfide) groups is 2. The first-order valence-corrected chi connectivity index (χ1v) is 7.05. The van der Waals surface area contributed by atoms with E-state index in [1.807, 2.05) is 29.7 Å². The van der Waals surface area contributed by atoms with Crippen LogP contribution in [0.25, 0.3) is 0 Å². The molecule has 1 aromatic heterocycles. The van der Waals surface area contributed by atoms with Crippen LogP contribution >= 0.6 is 23.5 Å². The van der Waals surface area contributed by atoms with Gasteiger partial charge in [0.15, 0.2) is 0 Å². The van der Waals surface area contributed by atoms with Gasteiger partial charge in [-0.15, -0.1) is 11.8 Å². The highest BCUT2D eigenvalue weighted by molar-refractivity contribution is 7.99. The van der Waals surface area contributed by atoms with Crippen molar-refractivity contribution in [1.82, 2.24) is 4.98 Å². The summed E-state index contributed by atoms with van der Waals surface area (Å²) in [7, 11) is 0. The molecule has 0 spiro atoms. The van der Waals surface area contributed by atoms with Gasteiger partial charge in [-0.05, 0) is 12.0 Å². The maximum Gasteiger partial charge on any atom is 0.255 e. The Balaban J connectivity index is 2.40. The molecule has 0 aliphatic rings. The van der Waals surface area contributed by atoms with Gasteiger partial charge in [-0.25, -0.2) is 9.55 Å². The van der Waals surface area contributed by atoms with Gasteiger partial charge in [-0.1, -0.05) is 6.92 Å². The van der Waals surface area contributed by atoms with Crippen LogP contribution in [0.4, 0.5) is 0 Å². The molecule has 0 aromatic carbocycles. The average molecular weight is 217 g/mol. The van der Waals surface area contributed by atoms with Crippen LogP contribution in [-0.2, 0) is 12.3 Å². The zero-order chi connectivity index (χ0) is 9.52. The zero-order valence-electron chi connectivity index (χ0n) is 8.25. The summed E-state index contributed by atoms with van der Waals surface area (Å²) in [6.07, 6.45) is 7.40. The normalized spacial score (nSPS) is 10.6. The van der Waals surface area contributed by atoms with E-state index in [1.165, 1.54) is 17.3 Å². The predicted molar refractivity (Wildman–Crippen MR) is 61.2 cm³/mol. The highest BCUT2D eigenvalue weighted by Crippen LogP contribution is 2.02. The number of hydrogen-bond acceptors (Lipinski definition) is 2. The van der Waals surface area contributed by atoms with Crippen LogP contribution in [0, 0.1) is 0 Å². The lowest BCUT2D eigenvalue weighted by atomic mass is 10.4. The van der Waals surface area contributed by atoms with Crippen molar-refractivity contribution in [1.29, 1.82) is 0 Å². The van der Waals surface area contributed by atoms with Crippen LogP contribution in [0.3, 0.4) is 0 Å². The molecule has 13 heavy (non-hydrogen) atoms. The topological polar surface area (TPSA) is 19.7 Å². The second-order valence-electron chi connectivity index (χ2n) is 2.74. The summed E-state index contributed by atoms with van der Waals surface area (Å²) in [4.78, 5) is 3.29. The fourth-order valence-corrected chi connectivity index (χ4v) is 2.33. The molecule has 1 aromatic rings. The van der Waals surface area contributed by atoms with Crippen molar-refractivity contribution in [3.05, 3.63) is 18.2 Å². The van der Waals surface area contributed by atoms with Crippen molar-refractivity contribution in [3.63, 3.8) is 0 Å². The van der Waals surface area contributed by atoms with E-state index in [2.05, 4.69) is 28.9 Å². The van der Waals surface area contributed by atoms with Crippen molar-refractivity contribution >= 4 is 23.5 Å². The second kappa shape index (κ2) is 6.38. The molecule has 0 atom stereocenters. The molecule has 0 bridgehead atoms. The summed E-state index contributed by atoms with van der Waals surface area (Å²) < 4.78 is 2.28. The lowest BCUT2D eigenvalue weighted by Gasteiger charge is -1.97. The quantitative estimate of drug-likeness (QED) is 0.580. The number of rotatable bonds is 6. The first-order chi connectivity index (χ1) is 6.38. The molecule has 0 radical (unpaired) electrons. The van der Waals surface area contributed by atoms with E-state index >= 15 is 0 Å². The summed E-state index contributed by atoms with van der Waals surface area (Å²) in [6.45, 7) is 2.20. The molecule has 1 rings (SSSR count). The number of H-pyrrole nitrogens is 1. The van der Waals surface area contributed by atoms with E-state index in [9.17, 15) is 0 Å². The number of nitrogens with one attached hydrogen (secondary N) is 1. The van der Waals surface area contributed by atoms with Crippen LogP contribution in [0.5, 0.6) is 0 Å². The van der Waals surface area contributed by atoms with Crippen LogP contribution in [-0.4, -0.2) is 22.7 Å². The van der Waals surface area contributed by atoms with Gasteiger partial charge in [0.2, 0.25) is 0 Å². The molecule has 0 unspecified atom stereocenters. The van der Waals surface area contributed by atoms with E-state index in [4.69, 9.17) is 0 Å². The first kappa shape index (κ1) is 11.0. The minimum atomic E-state index is 1.05. The third-order valence-electron chi connectivity index (χ3n) is 1.81. The SMILES string of the molecule is CCSCCc1[nH]cc[n+]1CSC. The second-order valence-corrected chi connectivity index (χ2v) is 4.97. The summed E-state index contributed by atoms with van der Waals surface area (Å²) in [6, 6.07) is 0. The smallest absolute Gasteiger partial charge is 0.248 e. The summed E-state index contributed by atoms with van der Waals surface area (Å²) in [5.41, 5.74) is 0. The van der Waals surface area contributed by atoms with Crippen LogP contribution in [0.1, 0.15) is 12.7 Å². The minimum Gasteiger partial charge on any atom is -0.248 e. The Labute approximate surface area is 88.5 Å². The molecule has 4 heteroatoms. The van der Waals surface area contributed by atoms with Gasteiger partial charge < -0.3 is 0 Å². The molecule has 0 amide bonds. The predicted octanol–water partition coefficient (Wildman–Crippen LogP) is 1.92. The van der Waals surface area contributed by atoms with Gasteiger partial charge in [-0.3, -0.25) is 0 Å². The van der Waals surface area contributed by atoms with Crippen LogP contribution < -0.4 is 4.57 Å². The Morgan fingerprint density at radius 1 is 1.54 bits per heavy atom. The van der Waals surface area contributed by atoms with Crippen molar-refractivity contribution in [3.8, 4) is 0 Å². The highest BCUT2D eigenvalue weighted by Gasteiger charge is 2.08. The summed E-state index contributed by atoms with van der Waals surface area (Å²) >= 11 is 3.84. The average Bonchev–Trinajstić information content (AvgIpc) is 2.54. The largest absolute Gasteiger partial charge is 0.255 e. The van der Waals surface area contributed by atoms with Gasteiger partial charge in [-0.2, -0.15) is 11.8 Å². The summed E-state index contributed by atoms with van der Waals surface area (Å²) in [5, 5.41) is 0. The van der Waals surface area contributed by atoms with E-state index < -0.39 is 0 Å². The first-order valence-electron chi connectivity index (χ1n) is 4.50. The Morgan fingerprint density at radius 3 is 3.08 bits per heavy atom. The Morgan fingerprint density at radius 2 is 2.38 bits per heavy atom. The monoisotopic (exact) mass is 217 g/mol. The molecule has 1 N–H and O–H groups in total. The van der Waals surface area contributed by atoms with Gasteiger partial charge in [0.1, 0.15) is 18.3 Å². The molecular weight excluding hydrogens is 200 g/mol. The number of nitrogens with zero attached hydrogens (tertiary/aromatic N) is 1. The third kappa shape index (κ3) is 3.65. The number of aromatic amines is 1. The Bertz CT molecular complexity index is 235. The van der Waals surface area contributed by atoms with Crippen molar-refractivity contribution in [2.75, 3.05) is 17.8 Å². The van der Waals surface area contributed by atoms with Gasteiger partial charge in [0.05, 0.1) is 6.42 Å². The summed E-state index contributed by atoms with van der Waals surface area (Å²) in [5.74, 6) is 4.82. The van der Waals surface area contributed by atoms with E-state index in [0.29, 0.717) is 0 Å². The van der Waals surface area contributed by atoms with E-state index in [0.717, 1.165) is 12.3 Å². The van der Waals surface area contributed by atoms with E-state index in [-0.39, 0.29) is 0 Å². The third-order valence-corrected chi connectivity index (χ3v) is 3.24. The molecular formula is C9H17N2S2+. The maximum atomic E-state index is 3.29. The molecule has 2 nitrogen and oxygen atoms in total. The van der Waals surface area contributed by atoms with Crippen LogP contribution in [0.2, 0.25) is 0 Å². The lowest BCUT2D eigenvalue weighted by Crippen LogP contribution is -2.34. The molecule has 0 saturated carbocycles. The number of hydrogen-bond donors (Lipinski definition) is 1. The number of aryl methyl sites for hydroxylation is 1. The number of imidazole rings is 1. The fraction of sp³-hybridized carbons (Fsp3) is 0.667. The van der Waals surface area contributed by atoms with Crippen molar-refractivity contribution in [2.45, 2.75) is 19.2 Å². The lowest BCUT2D eigenvalue weighted by molar-refractivity contribution is -0.681. The fourth-order valence-electron chi connectivity index (χ4n) is 1.19. The Hall–Kier alpha value is -0.0900. The maximum absolute atomic E-state index is 3.29. The van der Waals surface area contributed by atoms with E-state index in [1.54, 1.807) is 0 Å². The standard InChI is InChI=1S/C9H16N2S2/c1-3-13-7-4-9-10-5-6-11(9)8-12-2/h5-6H,3-4,7-8H2,1-2H3/p+1. The number of aromatic nitrogens is 2. The molecule has 0 saturated heterocycles. The molecule has 0 aliphatic carbocycles. The highest BCUT2D eigenvalue weighted by atomic mass is 32.2. The molecule has 1 heterocycles. The Kier molecular flexibility index (Phi) is 5.39.